The first kappa shape index (κ1) is 21.5. The van der Waals surface area contributed by atoms with Crippen molar-refractivity contribution in [3.63, 3.8) is 0 Å². The number of hydrogen-bond donors (Lipinski definition) is 3. The number of rotatable bonds is 6. The van der Waals surface area contributed by atoms with Gasteiger partial charge in [0, 0.05) is 29.4 Å². The molecular formula is C20H24BrN3O5S. The molecule has 0 saturated carbocycles. The number of aliphatic hydroxyl groups excluding tert-OH is 1. The van der Waals surface area contributed by atoms with Gasteiger partial charge < -0.3 is 25.4 Å². The van der Waals surface area contributed by atoms with Crippen LogP contribution < -0.4 is 15.4 Å². The molecule has 3 heterocycles. The van der Waals surface area contributed by atoms with Crippen LogP contribution in [0.15, 0.2) is 24.3 Å². The smallest absolute Gasteiger partial charge is 0.248 e. The van der Waals surface area contributed by atoms with Crippen LogP contribution in [0.4, 0.5) is 5.69 Å². The van der Waals surface area contributed by atoms with Crippen LogP contribution >= 0.6 is 27.7 Å². The van der Waals surface area contributed by atoms with Crippen LogP contribution in [0.5, 0.6) is 5.75 Å². The van der Waals surface area contributed by atoms with Gasteiger partial charge in [-0.25, -0.2) is 0 Å². The number of amides is 3. The molecule has 30 heavy (non-hydrogen) atoms. The molecule has 1 aromatic carbocycles. The summed E-state index contributed by atoms with van der Waals surface area (Å²) in [4.78, 5) is 40.9. The minimum atomic E-state index is -0.769. The first-order valence-corrected chi connectivity index (χ1v) is 11.6. The summed E-state index contributed by atoms with van der Waals surface area (Å²) >= 11 is 5.24. The van der Waals surface area contributed by atoms with Gasteiger partial charge in [-0.15, -0.1) is 11.8 Å². The van der Waals surface area contributed by atoms with Gasteiger partial charge >= 0.3 is 0 Å². The third-order valence-electron chi connectivity index (χ3n) is 6.29. The number of carbonyl (C=O) groups excluding carboxylic acids is 3. The number of alkyl halides is 1. The van der Waals surface area contributed by atoms with E-state index in [1.165, 1.54) is 4.90 Å². The lowest BCUT2D eigenvalue weighted by atomic mass is 9.70. The number of likely N-dealkylation sites (tertiary alicyclic amines) is 1. The lowest BCUT2D eigenvalue weighted by Gasteiger charge is -2.35. The van der Waals surface area contributed by atoms with Crippen LogP contribution in [0.1, 0.15) is 6.42 Å². The van der Waals surface area contributed by atoms with Gasteiger partial charge in [0.15, 0.2) is 0 Å². The molecule has 162 valence electrons. The van der Waals surface area contributed by atoms with Crippen LogP contribution in [0, 0.1) is 11.8 Å². The SMILES string of the molecule is CNC(=O)[C@H]1[C@@H]2SC3(CC2Br)C(C(=O)Nc2ccc(OC)cc2)N(CCO)C(=O)[C@H]13. The minimum absolute atomic E-state index is 0.0270. The Morgan fingerprint density at radius 2 is 2.03 bits per heavy atom. The number of hydrogen-bond acceptors (Lipinski definition) is 6. The Morgan fingerprint density at radius 1 is 1.33 bits per heavy atom. The lowest BCUT2D eigenvalue weighted by Crippen LogP contribution is -2.53. The molecule has 8 nitrogen and oxygen atoms in total. The molecule has 2 bridgehead atoms. The fourth-order valence-electron chi connectivity index (χ4n) is 5.13. The molecule has 3 saturated heterocycles. The highest BCUT2D eigenvalue weighted by Crippen LogP contribution is 2.67. The number of thioether (sulfide) groups is 1. The van der Waals surface area contributed by atoms with Gasteiger partial charge in [0.25, 0.3) is 0 Å². The monoisotopic (exact) mass is 497 g/mol. The lowest BCUT2D eigenvalue weighted by molar-refractivity contribution is -0.139. The van der Waals surface area contributed by atoms with E-state index in [0.717, 1.165) is 0 Å². The minimum Gasteiger partial charge on any atom is -0.497 e. The van der Waals surface area contributed by atoms with Crippen molar-refractivity contribution < 1.29 is 24.2 Å². The maximum absolute atomic E-state index is 13.4. The molecule has 4 rings (SSSR count). The predicted octanol–water partition coefficient (Wildman–Crippen LogP) is 0.837. The maximum atomic E-state index is 13.4. The summed E-state index contributed by atoms with van der Waals surface area (Å²) in [6.45, 7) is -0.201. The zero-order valence-corrected chi connectivity index (χ0v) is 19.0. The van der Waals surface area contributed by atoms with E-state index in [1.807, 2.05) is 0 Å². The second-order valence-corrected chi connectivity index (χ2v) is 10.5. The van der Waals surface area contributed by atoms with Crippen molar-refractivity contribution in [3.05, 3.63) is 24.3 Å². The van der Waals surface area contributed by atoms with Crippen molar-refractivity contribution in [2.45, 2.75) is 27.3 Å². The molecule has 0 aromatic heterocycles. The number of carbonyl (C=O) groups is 3. The molecule has 1 spiro atoms. The van der Waals surface area contributed by atoms with Crippen LogP contribution in [0.2, 0.25) is 0 Å². The molecule has 3 N–H and O–H groups in total. The number of methoxy groups -OCH3 is 1. The highest BCUT2D eigenvalue weighted by atomic mass is 79.9. The molecule has 1 aromatic rings. The zero-order valence-electron chi connectivity index (χ0n) is 16.6. The van der Waals surface area contributed by atoms with Gasteiger partial charge in [0.05, 0.1) is 30.3 Å². The molecule has 3 aliphatic heterocycles. The van der Waals surface area contributed by atoms with E-state index < -0.39 is 22.6 Å². The van der Waals surface area contributed by atoms with Gasteiger partial charge in [-0.1, -0.05) is 15.9 Å². The van der Waals surface area contributed by atoms with Crippen molar-refractivity contribution in [1.82, 2.24) is 10.2 Å². The van der Waals surface area contributed by atoms with Crippen molar-refractivity contribution in [2.24, 2.45) is 11.8 Å². The van der Waals surface area contributed by atoms with Crippen molar-refractivity contribution in [1.29, 1.82) is 0 Å². The van der Waals surface area contributed by atoms with Crippen molar-refractivity contribution in [2.75, 3.05) is 32.6 Å². The van der Waals surface area contributed by atoms with Gasteiger partial charge in [-0.3, -0.25) is 14.4 Å². The average molecular weight is 498 g/mol. The van der Waals surface area contributed by atoms with E-state index in [1.54, 1.807) is 50.2 Å². The molecule has 3 unspecified atom stereocenters. The summed E-state index contributed by atoms with van der Waals surface area (Å²) in [7, 11) is 3.13. The van der Waals surface area contributed by atoms with Crippen LogP contribution in [0.3, 0.4) is 0 Å². The largest absolute Gasteiger partial charge is 0.497 e. The summed E-state index contributed by atoms with van der Waals surface area (Å²) in [6, 6.07) is 6.19. The molecule has 3 amide bonds. The fraction of sp³-hybridized carbons (Fsp3) is 0.550. The normalized spacial score (nSPS) is 34.1. The molecule has 6 atom stereocenters. The standard InChI is InChI=1S/C20H24BrN3O5S/c1-22-17(26)13-14-19(28)24(7-8-25)16(20(14)9-12(21)15(13)30-20)18(27)23-10-3-5-11(29-2)6-4-10/h3-6,12-16,25H,7-9H2,1-2H3,(H,22,26)(H,23,27)/t12?,13-,14+,15-,16?,20?/m1/s1. The van der Waals surface area contributed by atoms with Crippen molar-refractivity contribution >= 4 is 51.1 Å². The number of aliphatic hydroxyl groups is 1. The Kier molecular flexibility index (Phi) is 5.75. The highest BCUT2D eigenvalue weighted by Gasteiger charge is 2.75. The van der Waals surface area contributed by atoms with Gasteiger partial charge in [0.1, 0.15) is 11.8 Å². The van der Waals surface area contributed by atoms with Crippen LogP contribution in [0.25, 0.3) is 0 Å². The number of nitrogens with zero attached hydrogens (tertiary/aromatic N) is 1. The molecular weight excluding hydrogens is 474 g/mol. The average Bonchev–Trinajstić information content (AvgIpc) is 3.32. The van der Waals surface area contributed by atoms with Crippen molar-refractivity contribution in [3.8, 4) is 5.75 Å². The number of ether oxygens (including phenoxy) is 1. The Balaban J connectivity index is 1.69. The van der Waals surface area contributed by atoms with Crippen LogP contribution in [-0.2, 0) is 14.4 Å². The summed E-state index contributed by atoms with van der Waals surface area (Å²) in [5.41, 5.74) is 0.591. The van der Waals surface area contributed by atoms with Gasteiger partial charge in [0.2, 0.25) is 17.7 Å². The van der Waals surface area contributed by atoms with E-state index in [-0.39, 0.29) is 41.0 Å². The number of nitrogens with one attached hydrogen (secondary N) is 2. The van der Waals surface area contributed by atoms with E-state index in [0.29, 0.717) is 17.9 Å². The molecule has 3 fully saturated rings. The third kappa shape index (κ3) is 3.11. The molecule has 0 radical (unpaired) electrons. The maximum Gasteiger partial charge on any atom is 0.248 e. The number of benzene rings is 1. The number of halogens is 1. The van der Waals surface area contributed by atoms with E-state index in [2.05, 4.69) is 26.6 Å². The zero-order chi connectivity index (χ0) is 21.6. The van der Waals surface area contributed by atoms with Crippen LogP contribution in [-0.4, -0.2) is 75.9 Å². The molecule has 0 aliphatic carbocycles. The summed E-state index contributed by atoms with van der Waals surface area (Å²) < 4.78 is 4.44. The summed E-state index contributed by atoms with van der Waals surface area (Å²) in [5.74, 6) is -1.15. The quantitative estimate of drug-likeness (QED) is 0.502. The Bertz CT molecular complexity index is 869. The molecule has 10 heteroatoms. The second-order valence-electron chi connectivity index (χ2n) is 7.75. The number of anilines is 1. The summed E-state index contributed by atoms with van der Waals surface area (Å²) in [5, 5.41) is 15.1. The number of fused-ring (bicyclic) bond motifs is 1. The van der Waals surface area contributed by atoms with Gasteiger partial charge in [-0.2, -0.15) is 0 Å². The molecule has 3 aliphatic rings. The third-order valence-corrected chi connectivity index (χ3v) is 9.50. The number of β-amino-alcohol motifs (C(OH)–C–C–N with tert-alkyl or cyclic N) is 1. The highest BCUT2D eigenvalue weighted by molar-refractivity contribution is 9.09. The van der Waals surface area contributed by atoms with E-state index in [4.69, 9.17) is 4.74 Å². The van der Waals surface area contributed by atoms with Gasteiger partial charge in [-0.05, 0) is 30.7 Å². The second kappa shape index (κ2) is 8.05. The Labute approximate surface area is 187 Å². The first-order valence-electron chi connectivity index (χ1n) is 9.77. The predicted molar refractivity (Wildman–Crippen MR) is 117 cm³/mol. The fourth-order valence-corrected chi connectivity index (χ4v) is 8.74. The summed E-state index contributed by atoms with van der Waals surface area (Å²) in [6.07, 6.45) is 0.606. The van der Waals surface area contributed by atoms with E-state index in [9.17, 15) is 19.5 Å². The van der Waals surface area contributed by atoms with E-state index >= 15 is 0 Å². The topological polar surface area (TPSA) is 108 Å². The Hall–Kier alpha value is -1.78. The Morgan fingerprint density at radius 3 is 2.63 bits per heavy atom. The first-order chi connectivity index (χ1) is 14.4.